The number of furan rings is 1. The van der Waals surface area contributed by atoms with E-state index in [9.17, 15) is 0 Å². The maximum absolute atomic E-state index is 6.16. The standard InChI is InChI=1S/C13H13BrClNO/c1-8-4-3-5-10(15)13(8)16-9(2)11-6-7-12(14)17-11/h3-7,9,16H,1-2H3. The van der Waals surface area contributed by atoms with Crippen molar-refractivity contribution in [1.29, 1.82) is 0 Å². The summed E-state index contributed by atoms with van der Waals surface area (Å²) in [7, 11) is 0. The molecule has 1 N–H and O–H groups in total. The molecule has 0 aliphatic carbocycles. The lowest BCUT2D eigenvalue weighted by Crippen LogP contribution is -2.07. The third-order valence-corrected chi connectivity index (χ3v) is 3.34. The van der Waals surface area contributed by atoms with E-state index in [0.29, 0.717) is 0 Å². The van der Waals surface area contributed by atoms with Crippen LogP contribution < -0.4 is 5.32 Å². The number of anilines is 1. The summed E-state index contributed by atoms with van der Waals surface area (Å²) in [6, 6.07) is 9.73. The first-order valence-corrected chi connectivity index (χ1v) is 6.52. The SMILES string of the molecule is Cc1cccc(Cl)c1NC(C)c1ccc(Br)o1. The Labute approximate surface area is 114 Å². The van der Waals surface area contributed by atoms with Crippen LogP contribution in [-0.2, 0) is 0 Å². The zero-order chi connectivity index (χ0) is 12.4. The van der Waals surface area contributed by atoms with E-state index in [4.69, 9.17) is 16.0 Å². The van der Waals surface area contributed by atoms with Crippen molar-refractivity contribution in [3.05, 3.63) is 51.3 Å². The van der Waals surface area contributed by atoms with Crippen molar-refractivity contribution in [3.63, 3.8) is 0 Å². The van der Waals surface area contributed by atoms with Gasteiger partial charge in [-0.15, -0.1) is 0 Å². The predicted octanol–water partition coefficient (Wildman–Crippen LogP) is 5.18. The molecule has 0 aliphatic heterocycles. The van der Waals surface area contributed by atoms with Crippen LogP contribution in [-0.4, -0.2) is 0 Å². The molecule has 0 bridgehead atoms. The molecule has 2 aromatic rings. The predicted molar refractivity (Wildman–Crippen MR) is 74.6 cm³/mol. The molecule has 2 nitrogen and oxygen atoms in total. The van der Waals surface area contributed by atoms with Crippen molar-refractivity contribution in [3.8, 4) is 0 Å². The molecule has 1 aromatic heterocycles. The normalized spacial score (nSPS) is 12.5. The Morgan fingerprint density at radius 1 is 1.29 bits per heavy atom. The highest BCUT2D eigenvalue weighted by molar-refractivity contribution is 9.10. The smallest absolute Gasteiger partial charge is 0.169 e. The van der Waals surface area contributed by atoms with Gasteiger partial charge in [0.2, 0.25) is 0 Å². The van der Waals surface area contributed by atoms with Gasteiger partial charge in [0.25, 0.3) is 0 Å². The van der Waals surface area contributed by atoms with Crippen molar-refractivity contribution in [2.75, 3.05) is 5.32 Å². The van der Waals surface area contributed by atoms with Gasteiger partial charge >= 0.3 is 0 Å². The lowest BCUT2D eigenvalue weighted by molar-refractivity contribution is 0.471. The monoisotopic (exact) mass is 313 g/mol. The lowest BCUT2D eigenvalue weighted by Gasteiger charge is -2.16. The second-order valence-electron chi connectivity index (χ2n) is 3.94. The van der Waals surface area contributed by atoms with Crippen molar-refractivity contribution < 1.29 is 4.42 Å². The first-order chi connectivity index (χ1) is 8.08. The highest BCUT2D eigenvalue weighted by Crippen LogP contribution is 2.30. The minimum absolute atomic E-state index is 0.0694. The summed E-state index contributed by atoms with van der Waals surface area (Å²) in [6.45, 7) is 4.06. The quantitative estimate of drug-likeness (QED) is 0.844. The number of halogens is 2. The molecule has 1 unspecified atom stereocenters. The van der Waals surface area contributed by atoms with E-state index in [1.807, 2.05) is 44.2 Å². The third-order valence-electron chi connectivity index (χ3n) is 2.60. The van der Waals surface area contributed by atoms with Gasteiger partial charge in [-0.3, -0.25) is 0 Å². The molecule has 0 aliphatic rings. The van der Waals surface area contributed by atoms with Crippen LogP contribution in [0.5, 0.6) is 0 Å². The van der Waals surface area contributed by atoms with Gasteiger partial charge in [-0.25, -0.2) is 0 Å². The van der Waals surface area contributed by atoms with E-state index < -0.39 is 0 Å². The fraction of sp³-hybridized carbons (Fsp3) is 0.231. The van der Waals surface area contributed by atoms with E-state index in [0.717, 1.165) is 26.7 Å². The Morgan fingerprint density at radius 3 is 2.65 bits per heavy atom. The average Bonchev–Trinajstić information content (AvgIpc) is 2.70. The number of nitrogens with one attached hydrogen (secondary N) is 1. The van der Waals surface area contributed by atoms with E-state index in [1.165, 1.54) is 0 Å². The Balaban J connectivity index is 2.21. The molecule has 0 spiro atoms. The number of hydrogen-bond donors (Lipinski definition) is 1. The summed E-state index contributed by atoms with van der Waals surface area (Å²) in [5, 5.41) is 4.09. The van der Waals surface area contributed by atoms with E-state index >= 15 is 0 Å². The molecule has 0 fully saturated rings. The molecule has 0 saturated carbocycles. The minimum Gasteiger partial charge on any atom is -0.452 e. The Kier molecular flexibility index (Phi) is 3.79. The number of rotatable bonds is 3. The van der Waals surface area contributed by atoms with Crippen molar-refractivity contribution >= 4 is 33.2 Å². The average molecular weight is 315 g/mol. The molecule has 1 heterocycles. The zero-order valence-corrected chi connectivity index (χ0v) is 12.0. The zero-order valence-electron chi connectivity index (χ0n) is 9.63. The van der Waals surface area contributed by atoms with Gasteiger partial charge in [0.05, 0.1) is 16.8 Å². The van der Waals surface area contributed by atoms with Gasteiger partial charge in [0.15, 0.2) is 4.67 Å². The van der Waals surface area contributed by atoms with Crippen LogP contribution in [0.1, 0.15) is 24.3 Å². The Hall–Kier alpha value is -0.930. The number of para-hydroxylation sites is 1. The van der Waals surface area contributed by atoms with Crippen molar-refractivity contribution in [2.24, 2.45) is 0 Å². The van der Waals surface area contributed by atoms with Gasteiger partial charge in [0.1, 0.15) is 5.76 Å². The Morgan fingerprint density at radius 2 is 2.06 bits per heavy atom. The maximum Gasteiger partial charge on any atom is 0.169 e. The molecule has 2 rings (SSSR count). The molecule has 1 atom stereocenters. The first kappa shape index (κ1) is 12.5. The van der Waals surface area contributed by atoms with Crippen LogP contribution >= 0.6 is 27.5 Å². The van der Waals surface area contributed by atoms with Crippen LogP contribution in [0.25, 0.3) is 0 Å². The van der Waals surface area contributed by atoms with Gasteiger partial charge in [-0.1, -0.05) is 23.7 Å². The second-order valence-corrected chi connectivity index (χ2v) is 5.13. The van der Waals surface area contributed by atoms with Crippen LogP contribution in [0.15, 0.2) is 39.4 Å². The summed E-state index contributed by atoms with van der Waals surface area (Å²) in [4.78, 5) is 0. The minimum atomic E-state index is 0.0694. The van der Waals surface area contributed by atoms with Crippen LogP contribution in [0, 0.1) is 6.92 Å². The molecule has 0 radical (unpaired) electrons. The van der Waals surface area contributed by atoms with Crippen molar-refractivity contribution in [1.82, 2.24) is 0 Å². The van der Waals surface area contributed by atoms with E-state index in [2.05, 4.69) is 21.2 Å². The third kappa shape index (κ3) is 2.85. The van der Waals surface area contributed by atoms with Gasteiger partial charge < -0.3 is 9.73 Å². The molecule has 4 heteroatoms. The number of benzene rings is 1. The van der Waals surface area contributed by atoms with Crippen LogP contribution in [0.2, 0.25) is 5.02 Å². The van der Waals surface area contributed by atoms with Crippen molar-refractivity contribution in [2.45, 2.75) is 19.9 Å². The summed E-state index contributed by atoms with van der Waals surface area (Å²) < 4.78 is 6.24. The molecule has 0 amide bonds. The molecule has 90 valence electrons. The Bertz CT molecular complexity index is 504. The molecular formula is C13H13BrClNO. The summed E-state index contributed by atoms with van der Waals surface area (Å²) in [5.74, 6) is 0.871. The second kappa shape index (κ2) is 5.15. The van der Waals surface area contributed by atoms with E-state index in [-0.39, 0.29) is 6.04 Å². The number of aryl methyl sites for hydroxylation is 1. The van der Waals surface area contributed by atoms with Gasteiger partial charge in [-0.2, -0.15) is 0 Å². The molecule has 0 saturated heterocycles. The van der Waals surface area contributed by atoms with Gasteiger partial charge in [0, 0.05) is 0 Å². The largest absolute Gasteiger partial charge is 0.452 e. The van der Waals surface area contributed by atoms with Crippen LogP contribution in [0.3, 0.4) is 0 Å². The fourth-order valence-corrected chi connectivity index (χ4v) is 2.26. The molecular weight excluding hydrogens is 302 g/mol. The highest BCUT2D eigenvalue weighted by atomic mass is 79.9. The van der Waals surface area contributed by atoms with Crippen LogP contribution in [0.4, 0.5) is 5.69 Å². The van der Waals surface area contributed by atoms with Gasteiger partial charge in [-0.05, 0) is 53.5 Å². The highest BCUT2D eigenvalue weighted by Gasteiger charge is 2.12. The summed E-state index contributed by atoms with van der Waals surface area (Å²) >= 11 is 9.46. The maximum atomic E-state index is 6.16. The molecule has 1 aromatic carbocycles. The lowest BCUT2D eigenvalue weighted by atomic mass is 10.1. The first-order valence-electron chi connectivity index (χ1n) is 5.35. The summed E-state index contributed by atoms with van der Waals surface area (Å²) in [5.41, 5.74) is 2.07. The van der Waals surface area contributed by atoms with E-state index in [1.54, 1.807) is 0 Å². The number of hydrogen-bond acceptors (Lipinski definition) is 2. The fourth-order valence-electron chi connectivity index (χ4n) is 1.66. The topological polar surface area (TPSA) is 25.2 Å². The summed E-state index contributed by atoms with van der Waals surface area (Å²) in [6.07, 6.45) is 0. The molecule has 17 heavy (non-hydrogen) atoms.